The fourth-order valence-corrected chi connectivity index (χ4v) is 13.2. The zero-order valence-electron chi connectivity index (χ0n) is 76.9. The van der Waals surface area contributed by atoms with Crippen LogP contribution in [0.25, 0.3) is 34.5 Å². The highest BCUT2D eigenvalue weighted by Crippen LogP contribution is 2.34. The summed E-state index contributed by atoms with van der Waals surface area (Å²) in [7, 11) is -2.17. The number of halogens is 1. The molecule has 0 saturated carbocycles. The van der Waals surface area contributed by atoms with Gasteiger partial charge in [-0.15, -0.1) is 0 Å². The maximum Gasteiger partial charge on any atom is 0.299 e. The summed E-state index contributed by atoms with van der Waals surface area (Å²) in [5, 5.41) is 52.3. The average Bonchev–Trinajstić information content (AvgIpc) is 1.62. The van der Waals surface area contributed by atoms with E-state index in [1.807, 2.05) is 147 Å². The molecule has 1 fully saturated rings. The SMILES string of the molecule is C.C1CCOC1.CCO.CCOc1nc2c(N)nc(-c3nccn3COCC[Si](C)(C)C)nc2n1Cc1ccc(C)nc1.C[Si](C)(C)CCOCn1ccnc1C#N.Cc1ccc(CN)cn1.Cc1ccc(CN2C(=O)Cc3c(N)nc(-c4ncc[nH]4)nc32)cn1.Cc1ccc(Cn2c(Cl)nc(C#N)c2N)cn1.Cc1ccc(Cn2cnc(C#N)c2N)cn1.N#C/C(N)=C(\C#N)NC=O. The molecule has 15 heterocycles. The van der Waals surface area contributed by atoms with Crippen molar-refractivity contribution in [3.05, 3.63) is 231 Å². The van der Waals surface area contributed by atoms with Crippen LogP contribution in [0.5, 0.6) is 6.01 Å². The van der Waals surface area contributed by atoms with E-state index in [9.17, 15) is 9.59 Å². The third kappa shape index (κ3) is 34.3. The van der Waals surface area contributed by atoms with Gasteiger partial charge in [-0.3, -0.25) is 53.1 Å². The van der Waals surface area contributed by atoms with Gasteiger partial charge in [0.25, 0.3) is 6.01 Å². The smallest absolute Gasteiger partial charge is 0.299 e. The molecule has 44 heteroatoms. The summed E-state index contributed by atoms with van der Waals surface area (Å²) in [4.78, 5) is 90.7. The first-order valence-electron chi connectivity index (χ1n) is 42.0. The van der Waals surface area contributed by atoms with Crippen molar-refractivity contribution in [2.75, 3.05) is 67.5 Å². The van der Waals surface area contributed by atoms with Crippen molar-refractivity contribution in [2.45, 2.75) is 173 Å². The van der Waals surface area contributed by atoms with E-state index in [1.54, 1.807) is 93.7 Å². The number of amides is 2. The molecule has 704 valence electrons. The van der Waals surface area contributed by atoms with Crippen LogP contribution in [-0.4, -0.2) is 176 Å². The Morgan fingerprint density at radius 1 is 0.597 bits per heavy atom. The number of pyridine rings is 5. The predicted molar refractivity (Wildman–Crippen MR) is 515 cm³/mol. The Hall–Kier alpha value is -15.1. The minimum Gasteiger partial charge on any atom is -0.465 e. The number of imidazole rings is 6. The first-order chi connectivity index (χ1) is 63.7. The van der Waals surface area contributed by atoms with E-state index in [0.29, 0.717) is 129 Å². The molecule has 13 aromatic heterocycles. The van der Waals surface area contributed by atoms with E-state index in [-0.39, 0.29) is 72.5 Å². The molecule has 1 saturated heterocycles. The number of ether oxygens (including phenoxy) is 4. The summed E-state index contributed by atoms with van der Waals surface area (Å²) in [5.74, 6) is 4.03. The Morgan fingerprint density at radius 3 is 1.57 bits per heavy atom. The number of anilines is 5. The van der Waals surface area contributed by atoms with Gasteiger partial charge < -0.3 is 77.9 Å². The lowest BCUT2D eigenvalue weighted by Gasteiger charge is -2.17. The molecule has 15 rings (SSSR count). The number of aromatic amines is 1. The number of hydrogen-bond acceptors (Lipinski definition) is 33. The number of aryl methyl sites for hydroxylation is 5. The average molecular weight is 1880 g/mol. The van der Waals surface area contributed by atoms with Crippen LogP contribution in [0.4, 0.5) is 29.1 Å². The number of aromatic nitrogens is 21. The summed E-state index contributed by atoms with van der Waals surface area (Å²) in [6.45, 7) is 34.7. The molecule has 0 aromatic carbocycles. The molecule has 15 N–H and O–H groups in total. The van der Waals surface area contributed by atoms with Crippen LogP contribution in [0.2, 0.25) is 56.7 Å². The minimum atomic E-state index is -1.16. The molecule has 0 aliphatic carbocycles. The van der Waals surface area contributed by atoms with Gasteiger partial charge in [-0.25, -0.2) is 44.9 Å². The van der Waals surface area contributed by atoms with E-state index in [2.05, 4.69) is 114 Å². The maximum atomic E-state index is 12.4. The summed E-state index contributed by atoms with van der Waals surface area (Å²) in [5.41, 5.74) is 45.7. The Labute approximate surface area is 786 Å². The molecule has 0 atom stereocenters. The van der Waals surface area contributed by atoms with Gasteiger partial charge in [0.1, 0.15) is 72.8 Å². The van der Waals surface area contributed by atoms with E-state index < -0.39 is 16.1 Å². The number of fused-ring (bicyclic) bond motifs is 2. The van der Waals surface area contributed by atoms with Crippen LogP contribution in [-0.2, 0) is 76.4 Å². The standard InChI is InChI=1S/C23H32N8O2Si.C16H15N7O.C11H10ClN5.C11H11N5.C10H17N3OSi.C7H10N2.C5H4N4O.C4H8O.C2H6O.CH4/c1-6-33-23-27-18-19(24)28-20(22-25-9-10-30(22)15-32-11-12-34(3,4)5)29-21(18)31(23)14-17-8-7-16(2)26-13-17;1-9-2-3-10(7-20-9)8-23-12(24)6-11-13(17)21-15(22-16(11)23)14-18-4-5-19-14;1-7-2-3-8(5-15-7)6-17-10(14)9(4-13)16-11(17)12;1-8-2-3-9(5-14-8)6-16-7-15-10(4-12)11(16)13;1-15(2,3)7-6-14-9-13-5-4-12-10(13)8-11;1-6-2-3-7(4-8)5-9-6;6-1-4(8)5(2-7)9-3-10;1-2-4-5-3-1;1-2-3;/h7-10,13H,6,11-12,14-15H2,1-5H3,(H2,24,28,29);2-5,7H,6,8H2,1H3,(H,18,19)(H2,17,21,22);2-3,5H,6,14H2,1H3;2-3,5,7H,6,13H2,1H3;4-5H,6-7,9H2,1-3H3;2-3,5H,4,8H2,1H3;3H,8H2,(H,9,10);1-4H2;3H,2H2,1H3;1H4/b;;;;;;5-4-;;;. The molecule has 0 bridgehead atoms. The Kier molecular flexibility index (Phi) is 43.8. The van der Waals surface area contributed by atoms with E-state index in [4.69, 9.17) is 101 Å². The predicted octanol–water partition coefficient (Wildman–Crippen LogP) is 11.1. The normalized spacial score (nSPS) is 11.6. The monoisotopic (exact) mass is 1880 g/mol. The first-order valence-corrected chi connectivity index (χ1v) is 49.8. The van der Waals surface area contributed by atoms with Crippen LogP contribution in [0, 0.1) is 91.3 Å². The van der Waals surface area contributed by atoms with Crippen molar-refractivity contribution in [1.29, 1.82) is 26.3 Å². The van der Waals surface area contributed by atoms with Crippen LogP contribution >= 0.6 is 11.6 Å². The zero-order valence-corrected chi connectivity index (χ0v) is 79.6. The number of nitrogens with two attached hydrogens (primary N) is 6. The second kappa shape index (κ2) is 54.5. The van der Waals surface area contributed by atoms with E-state index >= 15 is 0 Å². The Balaban J connectivity index is 0.000000246. The second-order valence-electron chi connectivity index (χ2n) is 31.8. The van der Waals surface area contributed by atoms with Gasteiger partial charge in [0.05, 0.1) is 45.5 Å². The summed E-state index contributed by atoms with van der Waals surface area (Å²) < 4.78 is 30.9. The topological polar surface area (TPSA) is 615 Å². The van der Waals surface area contributed by atoms with Gasteiger partial charge in [-0.05, 0) is 143 Å². The summed E-state index contributed by atoms with van der Waals surface area (Å²) in [6, 6.07) is 31.2. The number of nitriles is 5. The molecule has 0 radical (unpaired) electrons. The molecule has 41 nitrogen and oxygen atoms in total. The van der Waals surface area contributed by atoms with Crippen molar-refractivity contribution < 1.29 is 33.6 Å². The van der Waals surface area contributed by atoms with E-state index in [1.165, 1.54) is 18.9 Å². The highest BCUT2D eigenvalue weighted by Gasteiger charge is 2.33. The number of allylic oxidation sites excluding steroid dienone is 2. The lowest BCUT2D eigenvalue weighted by atomic mass is 10.2. The van der Waals surface area contributed by atoms with Crippen molar-refractivity contribution in [3.8, 4) is 59.7 Å². The van der Waals surface area contributed by atoms with Gasteiger partial charge in [0, 0.05) is 158 Å². The molecule has 0 unspecified atom stereocenters. The van der Waals surface area contributed by atoms with Gasteiger partial charge in [0.2, 0.25) is 23.4 Å². The van der Waals surface area contributed by atoms with Crippen LogP contribution in [0.1, 0.15) is 113 Å². The molecule has 2 aliphatic rings. The number of H-pyrrole nitrogens is 1. The highest BCUT2D eigenvalue weighted by atomic mass is 35.5. The number of carbonyl (C=O) groups is 2. The van der Waals surface area contributed by atoms with Crippen molar-refractivity contribution in [2.24, 2.45) is 11.5 Å². The molecule has 134 heavy (non-hydrogen) atoms. The zero-order chi connectivity index (χ0) is 97.2. The first kappa shape index (κ1) is 108. The fraction of sp³-hybridized carbons (Fsp3) is 0.356. The number of carbonyl (C=O) groups excluding carboxylic acids is 2. The van der Waals surface area contributed by atoms with E-state index in [0.717, 1.165) is 88.2 Å². The van der Waals surface area contributed by atoms with Gasteiger partial charge in [-0.1, -0.05) is 77.0 Å². The third-order valence-corrected chi connectivity index (χ3v) is 22.4. The molecule has 2 aliphatic heterocycles. The van der Waals surface area contributed by atoms with Crippen molar-refractivity contribution >= 4 is 80.3 Å². The molecule has 0 spiro atoms. The van der Waals surface area contributed by atoms with Gasteiger partial charge in [-0.2, -0.15) is 31.3 Å². The summed E-state index contributed by atoms with van der Waals surface area (Å²) >= 11 is 5.91. The van der Waals surface area contributed by atoms with Crippen molar-refractivity contribution in [1.82, 2.24) is 108 Å². The number of aliphatic hydroxyl groups excluding tert-OH is 1. The number of nitrogen functional groups attached to an aromatic ring is 4. The molecular formula is C90H117ClN34O7Si2. The maximum absolute atomic E-state index is 12.4. The van der Waals surface area contributed by atoms with Crippen molar-refractivity contribution in [3.63, 3.8) is 0 Å². The highest BCUT2D eigenvalue weighted by molar-refractivity contribution is 6.76. The summed E-state index contributed by atoms with van der Waals surface area (Å²) in [6.07, 6.45) is 23.8. The fourth-order valence-electron chi connectivity index (χ4n) is 11.4. The molecular weight excluding hydrogens is 1760 g/mol. The Bertz CT molecular complexity index is 6100. The number of nitrogens with zero attached hydrogens (tertiary/aromatic N) is 26. The molecule has 13 aromatic rings. The minimum absolute atomic E-state index is 0. The Morgan fingerprint density at radius 2 is 1.11 bits per heavy atom. The molecule has 2 amide bonds. The van der Waals surface area contributed by atoms with Gasteiger partial charge in [0.15, 0.2) is 57.4 Å². The van der Waals surface area contributed by atoms with Gasteiger partial charge >= 0.3 is 0 Å². The lowest BCUT2D eigenvalue weighted by molar-refractivity contribution is -0.117. The number of aliphatic hydroxyl groups is 1. The quantitative estimate of drug-likeness (QED) is 0.0111. The number of rotatable bonds is 25. The second-order valence-corrected chi connectivity index (χ2v) is 43.4. The van der Waals surface area contributed by atoms with Crippen LogP contribution in [0.3, 0.4) is 0 Å². The lowest BCUT2D eigenvalue weighted by Crippen LogP contribution is -2.26. The van der Waals surface area contributed by atoms with Crippen LogP contribution < -0.4 is 49.4 Å². The largest absolute Gasteiger partial charge is 0.465 e. The number of nitrogens with one attached hydrogen (secondary N) is 2. The third-order valence-electron chi connectivity index (χ3n) is 18.7. The van der Waals surface area contributed by atoms with Crippen LogP contribution in [0.15, 0.2) is 147 Å². The number of hydrogen-bond donors (Lipinski definition) is 9.